The second-order valence-corrected chi connectivity index (χ2v) is 6.71. The molecule has 1 aromatic rings. The number of aliphatic hydroxyl groups excluding tert-OH is 1. The van der Waals surface area contributed by atoms with Crippen LogP contribution in [-0.2, 0) is 10.2 Å². The number of ether oxygens (including phenoxy) is 1. The molecule has 2 bridgehead atoms. The van der Waals surface area contributed by atoms with Gasteiger partial charge < -0.3 is 9.84 Å². The molecule has 0 heterocycles. The lowest BCUT2D eigenvalue weighted by atomic mass is 9.63. The lowest BCUT2D eigenvalue weighted by Gasteiger charge is -2.42. The fourth-order valence-corrected chi connectivity index (χ4v) is 4.53. The van der Waals surface area contributed by atoms with Crippen LogP contribution in [0.2, 0.25) is 0 Å². The molecule has 2 heteroatoms. The summed E-state index contributed by atoms with van der Waals surface area (Å²) in [6, 6.07) is 10.7. The van der Waals surface area contributed by atoms with Gasteiger partial charge in [-0.3, -0.25) is 0 Å². The highest BCUT2D eigenvalue weighted by atomic mass is 16.5. The van der Waals surface area contributed by atoms with Crippen molar-refractivity contribution in [3.05, 3.63) is 35.9 Å². The molecule has 2 nitrogen and oxygen atoms in total. The third-order valence-corrected chi connectivity index (χ3v) is 5.93. The summed E-state index contributed by atoms with van der Waals surface area (Å²) < 4.78 is 5.84. The second kappa shape index (κ2) is 4.32. The Bertz CT molecular complexity index is 458. The molecule has 0 spiro atoms. The molecule has 0 saturated heterocycles. The molecule has 3 rings (SSSR count). The first kappa shape index (κ1) is 13.1. The largest absolute Gasteiger partial charge is 0.393 e. The molecule has 104 valence electrons. The predicted octanol–water partition coefficient (Wildman–Crippen LogP) is 3.14. The van der Waals surface area contributed by atoms with E-state index in [9.17, 15) is 5.11 Å². The van der Waals surface area contributed by atoms with E-state index in [2.05, 4.69) is 44.2 Å². The smallest absolute Gasteiger partial charge is 0.0688 e. The summed E-state index contributed by atoms with van der Waals surface area (Å²) in [6.45, 7) is 4.42. The van der Waals surface area contributed by atoms with Crippen LogP contribution in [0.25, 0.3) is 0 Å². The Hall–Kier alpha value is -0.860. The SMILES string of the molecule is CO[C@@]1(C)C[C@@]2(c3ccccc3)C[C@@H]1C[C@@H](O)[C@H]2C. The first-order chi connectivity index (χ1) is 9.02. The number of aliphatic hydroxyl groups is 1. The van der Waals surface area contributed by atoms with Crippen molar-refractivity contribution >= 4 is 0 Å². The fourth-order valence-electron chi connectivity index (χ4n) is 4.53. The molecule has 0 aromatic heterocycles. The zero-order chi connectivity index (χ0) is 13.7. The molecular formula is C17H24O2. The molecule has 2 fully saturated rings. The van der Waals surface area contributed by atoms with Gasteiger partial charge in [0.15, 0.2) is 0 Å². The molecule has 2 aliphatic rings. The van der Waals surface area contributed by atoms with Crippen LogP contribution in [0.5, 0.6) is 0 Å². The van der Waals surface area contributed by atoms with Crippen molar-refractivity contribution < 1.29 is 9.84 Å². The number of benzene rings is 1. The van der Waals surface area contributed by atoms with Gasteiger partial charge in [-0.2, -0.15) is 0 Å². The molecular weight excluding hydrogens is 236 g/mol. The van der Waals surface area contributed by atoms with Crippen LogP contribution in [0, 0.1) is 11.8 Å². The van der Waals surface area contributed by atoms with Gasteiger partial charge in [-0.05, 0) is 43.6 Å². The number of methoxy groups -OCH3 is 1. The van der Waals surface area contributed by atoms with Crippen LogP contribution in [-0.4, -0.2) is 23.9 Å². The van der Waals surface area contributed by atoms with E-state index in [0.29, 0.717) is 11.8 Å². The van der Waals surface area contributed by atoms with E-state index in [4.69, 9.17) is 4.74 Å². The maximum Gasteiger partial charge on any atom is 0.0688 e. The highest BCUT2D eigenvalue weighted by molar-refractivity contribution is 5.32. The Morgan fingerprint density at radius 2 is 1.95 bits per heavy atom. The van der Waals surface area contributed by atoms with Crippen LogP contribution in [0.4, 0.5) is 0 Å². The number of hydrogen-bond donors (Lipinski definition) is 1. The van der Waals surface area contributed by atoms with Gasteiger partial charge in [0.05, 0.1) is 11.7 Å². The molecule has 0 unspecified atom stereocenters. The Balaban J connectivity index is 2.08. The highest BCUT2D eigenvalue weighted by Crippen LogP contribution is 2.60. The predicted molar refractivity (Wildman–Crippen MR) is 76.0 cm³/mol. The standard InChI is InChI=1S/C17H24O2/c1-12-15(18)9-14-10-17(12,11-16(14,2)19-3)13-7-5-4-6-8-13/h4-8,12,14-15,18H,9-11H2,1-3H3/t12-,14+,15-,16+,17+/m1/s1. The quantitative estimate of drug-likeness (QED) is 0.885. The van der Waals surface area contributed by atoms with Crippen molar-refractivity contribution in [2.45, 2.75) is 50.2 Å². The third kappa shape index (κ3) is 1.77. The summed E-state index contributed by atoms with van der Waals surface area (Å²) >= 11 is 0. The van der Waals surface area contributed by atoms with Gasteiger partial charge in [0.1, 0.15) is 0 Å². The summed E-state index contributed by atoms with van der Waals surface area (Å²) in [4.78, 5) is 0. The topological polar surface area (TPSA) is 29.5 Å². The average Bonchev–Trinajstić information content (AvgIpc) is 2.70. The average molecular weight is 260 g/mol. The van der Waals surface area contributed by atoms with Crippen molar-refractivity contribution in [2.24, 2.45) is 11.8 Å². The second-order valence-electron chi connectivity index (χ2n) is 6.71. The van der Waals surface area contributed by atoms with Crippen LogP contribution in [0.15, 0.2) is 30.3 Å². The van der Waals surface area contributed by atoms with Crippen molar-refractivity contribution in [1.82, 2.24) is 0 Å². The Morgan fingerprint density at radius 3 is 2.58 bits per heavy atom. The normalized spacial score (nSPS) is 45.4. The van der Waals surface area contributed by atoms with E-state index in [1.807, 2.05) is 7.11 Å². The molecule has 2 aliphatic carbocycles. The summed E-state index contributed by atoms with van der Waals surface area (Å²) in [7, 11) is 1.82. The van der Waals surface area contributed by atoms with Gasteiger partial charge in [0, 0.05) is 12.5 Å². The van der Waals surface area contributed by atoms with Crippen molar-refractivity contribution in [1.29, 1.82) is 0 Å². The monoisotopic (exact) mass is 260 g/mol. The third-order valence-electron chi connectivity index (χ3n) is 5.93. The van der Waals surface area contributed by atoms with Gasteiger partial charge in [0.2, 0.25) is 0 Å². The molecule has 0 aliphatic heterocycles. The zero-order valence-corrected chi connectivity index (χ0v) is 12.1. The van der Waals surface area contributed by atoms with E-state index in [-0.39, 0.29) is 17.1 Å². The minimum Gasteiger partial charge on any atom is -0.393 e. The number of rotatable bonds is 2. The summed E-state index contributed by atoms with van der Waals surface area (Å²) in [6.07, 6.45) is 2.82. The van der Waals surface area contributed by atoms with E-state index in [1.165, 1.54) is 5.56 Å². The molecule has 1 N–H and O–H groups in total. The van der Waals surface area contributed by atoms with Gasteiger partial charge >= 0.3 is 0 Å². The van der Waals surface area contributed by atoms with E-state index >= 15 is 0 Å². The molecule has 19 heavy (non-hydrogen) atoms. The lowest BCUT2D eigenvalue weighted by molar-refractivity contribution is -0.0392. The zero-order valence-electron chi connectivity index (χ0n) is 12.1. The van der Waals surface area contributed by atoms with E-state index in [0.717, 1.165) is 19.3 Å². The lowest BCUT2D eigenvalue weighted by Crippen LogP contribution is -2.42. The van der Waals surface area contributed by atoms with Gasteiger partial charge in [-0.1, -0.05) is 37.3 Å². The van der Waals surface area contributed by atoms with Crippen LogP contribution in [0.1, 0.15) is 38.7 Å². The Labute approximate surface area is 115 Å². The van der Waals surface area contributed by atoms with E-state index < -0.39 is 0 Å². The Kier molecular flexibility index (Phi) is 2.99. The number of fused-ring (bicyclic) bond motifs is 2. The summed E-state index contributed by atoms with van der Waals surface area (Å²) in [5.74, 6) is 0.757. The molecule has 2 saturated carbocycles. The van der Waals surface area contributed by atoms with Crippen LogP contribution >= 0.6 is 0 Å². The van der Waals surface area contributed by atoms with Crippen molar-refractivity contribution in [3.8, 4) is 0 Å². The maximum atomic E-state index is 10.5. The summed E-state index contributed by atoms with van der Waals surface area (Å²) in [5, 5.41) is 10.5. The minimum atomic E-state index is -0.212. The maximum absolute atomic E-state index is 10.5. The molecule has 1 aromatic carbocycles. The van der Waals surface area contributed by atoms with Gasteiger partial charge in [-0.25, -0.2) is 0 Å². The van der Waals surface area contributed by atoms with Gasteiger partial charge in [-0.15, -0.1) is 0 Å². The van der Waals surface area contributed by atoms with Crippen molar-refractivity contribution in [2.75, 3.05) is 7.11 Å². The van der Waals surface area contributed by atoms with Gasteiger partial charge in [0.25, 0.3) is 0 Å². The van der Waals surface area contributed by atoms with Crippen LogP contribution in [0.3, 0.4) is 0 Å². The Morgan fingerprint density at radius 1 is 1.26 bits per heavy atom. The van der Waals surface area contributed by atoms with E-state index in [1.54, 1.807) is 0 Å². The fraction of sp³-hybridized carbons (Fsp3) is 0.647. The first-order valence-corrected chi connectivity index (χ1v) is 7.30. The minimum absolute atomic E-state index is 0.0777. The molecule has 5 atom stereocenters. The highest BCUT2D eigenvalue weighted by Gasteiger charge is 2.60. The number of hydrogen-bond acceptors (Lipinski definition) is 2. The van der Waals surface area contributed by atoms with Crippen LogP contribution < -0.4 is 0 Å². The first-order valence-electron chi connectivity index (χ1n) is 7.30. The summed E-state index contributed by atoms with van der Waals surface area (Å²) in [5.41, 5.74) is 1.35. The molecule has 0 radical (unpaired) electrons. The van der Waals surface area contributed by atoms with Crippen molar-refractivity contribution in [3.63, 3.8) is 0 Å². The molecule has 0 amide bonds.